The van der Waals surface area contributed by atoms with Crippen molar-refractivity contribution in [2.75, 3.05) is 23.3 Å². The van der Waals surface area contributed by atoms with Gasteiger partial charge in [0.1, 0.15) is 0 Å². The topological polar surface area (TPSA) is 88.1 Å². The van der Waals surface area contributed by atoms with E-state index in [9.17, 15) is 9.59 Å². The van der Waals surface area contributed by atoms with Gasteiger partial charge in [-0.1, -0.05) is 0 Å². The molecule has 1 fully saturated rings. The average molecular weight is 401 g/mol. The van der Waals surface area contributed by atoms with Crippen molar-refractivity contribution in [2.24, 2.45) is 5.92 Å². The van der Waals surface area contributed by atoms with Gasteiger partial charge in [0.2, 0.25) is 5.91 Å². The minimum atomic E-state index is -0.133. The number of benzene rings is 1. The average Bonchev–Trinajstić information content (AvgIpc) is 2.80. The fourth-order valence-corrected chi connectivity index (χ4v) is 3.59. The molecule has 1 aromatic carbocycles. The summed E-state index contributed by atoms with van der Waals surface area (Å²) in [5.41, 5.74) is 3.02. The fraction of sp³-hybridized carbons (Fsp3) is 0.261. The molecular formula is C23H23N5O2. The number of ketones is 1. The Morgan fingerprint density at radius 1 is 1.07 bits per heavy atom. The van der Waals surface area contributed by atoms with Crippen LogP contribution in [0.4, 0.5) is 11.5 Å². The molecule has 4 rings (SSSR count). The van der Waals surface area contributed by atoms with E-state index in [2.05, 4.69) is 25.4 Å². The lowest BCUT2D eigenvalue weighted by atomic mass is 9.97. The van der Waals surface area contributed by atoms with Gasteiger partial charge in [0.25, 0.3) is 0 Å². The monoisotopic (exact) mass is 401 g/mol. The first kappa shape index (κ1) is 19.7. The van der Waals surface area contributed by atoms with Crippen molar-refractivity contribution in [3.05, 3.63) is 66.5 Å². The first-order valence-electron chi connectivity index (χ1n) is 10.0. The number of hydrogen-bond donors (Lipinski definition) is 1. The molecule has 30 heavy (non-hydrogen) atoms. The molecular weight excluding hydrogens is 378 g/mol. The van der Waals surface area contributed by atoms with Crippen LogP contribution in [0.15, 0.2) is 60.9 Å². The second-order valence-electron chi connectivity index (χ2n) is 7.43. The lowest BCUT2D eigenvalue weighted by molar-refractivity contribution is -0.120. The second-order valence-corrected chi connectivity index (χ2v) is 7.43. The van der Waals surface area contributed by atoms with Gasteiger partial charge in [-0.3, -0.25) is 14.6 Å². The molecule has 0 radical (unpaired) electrons. The third-order valence-corrected chi connectivity index (χ3v) is 5.28. The predicted octanol–water partition coefficient (Wildman–Crippen LogP) is 3.60. The summed E-state index contributed by atoms with van der Waals surface area (Å²) in [5, 5.41) is 11.7. The third-order valence-electron chi connectivity index (χ3n) is 5.28. The minimum Gasteiger partial charge on any atom is -0.354 e. The lowest BCUT2D eigenvalue weighted by Gasteiger charge is -2.32. The molecule has 1 unspecified atom stereocenters. The Morgan fingerprint density at radius 2 is 1.90 bits per heavy atom. The predicted molar refractivity (Wildman–Crippen MR) is 115 cm³/mol. The van der Waals surface area contributed by atoms with E-state index in [1.807, 2.05) is 24.3 Å². The van der Waals surface area contributed by atoms with Crippen molar-refractivity contribution in [1.29, 1.82) is 0 Å². The Labute approximate surface area is 175 Å². The molecule has 2 aromatic heterocycles. The number of piperidine rings is 1. The molecule has 0 aliphatic carbocycles. The van der Waals surface area contributed by atoms with E-state index in [0.29, 0.717) is 17.8 Å². The van der Waals surface area contributed by atoms with E-state index in [1.165, 1.54) is 6.92 Å². The highest BCUT2D eigenvalue weighted by Crippen LogP contribution is 2.24. The number of Topliss-reactive ketones (excluding diaryl/α,β-unsaturated/α-hetero) is 1. The van der Waals surface area contributed by atoms with Crippen molar-refractivity contribution >= 4 is 23.2 Å². The van der Waals surface area contributed by atoms with E-state index in [4.69, 9.17) is 0 Å². The van der Waals surface area contributed by atoms with E-state index in [-0.39, 0.29) is 17.6 Å². The van der Waals surface area contributed by atoms with Crippen LogP contribution < -0.4 is 10.2 Å². The molecule has 1 amide bonds. The number of nitrogens with zero attached hydrogens (tertiary/aromatic N) is 4. The molecule has 1 atom stereocenters. The molecule has 0 saturated carbocycles. The van der Waals surface area contributed by atoms with Crippen molar-refractivity contribution in [3.8, 4) is 11.3 Å². The van der Waals surface area contributed by atoms with E-state index < -0.39 is 0 Å². The largest absolute Gasteiger partial charge is 0.354 e. The Hall–Kier alpha value is -3.61. The Morgan fingerprint density at radius 3 is 2.57 bits per heavy atom. The molecule has 3 aromatic rings. The number of carbonyl (C=O) groups is 2. The van der Waals surface area contributed by atoms with Crippen LogP contribution in [0.3, 0.4) is 0 Å². The maximum absolute atomic E-state index is 12.8. The fourth-order valence-electron chi connectivity index (χ4n) is 3.59. The van der Waals surface area contributed by atoms with Crippen LogP contribution in [-0.2, 0) is 4.79 Å². The van der Waals surface area contributed by atoms with Crippen molar-refractivity contribution in [2.45, 2.75) is 19.8 Å². The van der Waals surface area contributed by atoms with Crippen LogP contribution in [0.1, 0.15) is 30.1 Å². The number of pyridine rings is 1. The molecule has 152 valence electrons. The summed E-state index contributed by atoms with van der Waals surface area (Å²) in [6.07, 6.45) is 5.22. The van der Waals surface area contributed by atoms with Crippen molar-refractivity contribution in [1.82, 2.24) is 15.2 Å². The minimum absolute atomic E-state index is 0.00598. The SMILES string of the molecule is CC(=O)c1ccc(NC(=O)C2CCCN(c3ccc(-c4cccnc4)nn3)C2)cc1. The van der Waals surface area contributed by atoms with Crippen LogP contribution in [0.25, 0.3) is 11.3 Å². The number of rotatable bonds is 5. The highest BCUT2D eigenvalue weighted by molar-refractivity contribution is 5.96. The zero-order chi connectivity index (χ0) is 20.9. The van der Waals surface area contributed by atoms with Crippen LogP contribution >= 0.6 is 0 Å². The van der Waals surface area contributed by atoms with E-state index in [1.54, 1.807) is 36.7 Å². The van der Waals surface area contributed by atoms with Crippen LogP contribution in [0.5, 0.6) is 0 Å². The zero-order valence-corrected chi connectivity index (χ0v) is 16.8. The number of carbonyl (C=O) groups excluding carboxylic acids is 2. The van der Waals surface area contributed by atoms with Gasteiger partial charge in [-0.15, -0.1) is 10.2 Å². The Balaban J connectivity index is 1.40. The molecule has 0 spiro atoms. The second kappa shape index (κ2) is 8.82. The normalized spacial score (nSPS) is 16.2. The maximum Gasteiger partial charge on any atom is 0.229 e. The molecule has 3 heterocycles. The zero-order valence-electron chi connectivity index (χ0n) is 16.8. The van der Waals surface area contributed by atoms with Gasteiger partial charge in [0, 0.05) is 42.3 Å². The molecule has 7 nitrogen and oxygen atoms in total. The van der Waals surface area contributed by atoms with Gasteiger partial charge >= 0.3 is 0 Å². The summed E-state index contributed by atoms with van der Waals surface area (Å²) in [6, 6.07) is 14.7. The van der Waals surface area contributed by atoms with Gasteiger partial charge in [0.05, 0.1) is 11.6 Å². The molecule has 7 heteroatoms. The smallest absolute Gasteiger partial charge is 0.229 e. The quantitative estimate of drug-likeness (QED) is 0.657. The number of amides is 1. The highest BCUT2D eigenvalue weighted by atomic mass is 16.2. The third kappa shape index (κ3) is 4.51. The summed E-state index contributed by atoms with van der Waals surface area (Å²) in [5.74, 6) is 0.624. The van der Waals surface area contributed by atoms with Gasteiger partial charge < -0.3 is 10.2 Å². The van der Waals surface area contributed by atoms with Crippen molar-refractivity contribution < 1.29 is 9.59 Å². The molecule has 1 aliphatic rings. The summed E-state index contributed by atoms with van der Waals surface area (Å²) in [6.45, 7) is 2.96. The first-order valence-corrected chi connectivity index (χ1v) is 10.0. The molecule has 0 bridgehead atoms. The molecule has 1 saturated heterocycles. The van der Waals surface area contributed by atoms with E-state index >= 15 is 0 Å². The summed E-state index contributed by atoms with van der Waals surface area (Å²) in [4.78, 5) is 30.4. The number of aromatic nitrogens is 3. The van der Waals surface area contributed by atoms with Crippen LogP contribution in [-0.4, -0.2) is 40.0 Å². The molecule has 1 aliphatic heterocycles. The summed E-state index contributed by atoms with van der Waals surface area (Å²) < 4.78 is 0. The standard InChI is InChI=1S/C23H23N5O2/c1-16(29)17-6-8-20(9-7-17)25-23(30)19-5-3-13-28(15-19)22-11-10-21(26-27-22)18-4-2-12-24-14-18/h2,4,6-12,14,19H,3,5,13,15H2,1H3,(H,25,30). The lowest BCUT2D eigenvalue weighted by Crippen LogP contribution is -2.41. The number of nitrogens with one attached hydrogen (secondary N) is 1. The number of anilines is 2. The van der Waals surface area contributed by atoms with E-state index in [0.717, 1.165) is 36.5 Å². The van der Waals surface area contributed by atoms with Gasteiger partial charge in [0.15, 0.2) is 11.6 Å². The van der Waals surface area contributed by atoms with Gasteiger partial charge in [-0.05, 0) is 68.3 Å². The van der Waals surface area contributed by atoms with Gasteiger partial charge in [-0.25, -0.2) is 0 Å². The maximum atomic E-state index is 12.8. The van der Waals surface area contributed by atoms with Crippen LogP contribution in [0.2, 0.25) is 0 Å². The number of hydrogen-bond acceptors (Lipinski definition) is 6. The van der Waals surface area contributed by atoms with Crippen molar-refractivity contribution in [3.63, 3.8) is 0 Å². The Kier molecular flexibility index (Phi) is 5.79. The highest BCUT2D eigenvalue weighted by Gasteiger charge is 2.27. The van der Waals surface area contributed by atoms with Crippen LogP contribution in [0, 0.1) is 5.92 Å². The van der Waals surface area contributed by atoms with Gasteiger partial charge in [-0.2, -0.15) is 0 Å². The summed E-state index contributed by atoms with van der Waals surface area (Å²) in [7, 11) is 0. The molecule has 1 N–H and O–H groups in total. The first-order chi connectivity index (χ1) is 14.6. The Bertz CT molecular complexity index is 1020. The summed E-state index contributed by atoms with van der Waals surface area (Å²) >= 11 is 0.